The van der Waals surface area contributed by atoms with E-state index in [-0.39, 0.29) is 5.82 Å². The van der Waals surface area contributed by atoms with Gasteiger partial charge in [0.25, 0.3) is 0 Å². The van der Waals surface area contributed by atoms with Gasteiger partial charge < -0.3 is 5.32 Å². The van der Waals surface area contributed by atoms with Crippen LogP contribution in [0.25, 0.3) is 0 Å². The Morgan fingerprint density at radius 3 is 2.47 bits per heavy atom. The maximum absolute atomic E-state index is 12.7. The van der Waals surface area contributed by atoms with Gasteiger partial charge in [0.15, 0.2) is 0 Å². The molecule has 94 valence electrons. The normalized spacial score (nSPS) is 18.9. The number of rotatable bonds is 4. The van der Waals surface area contributed by atoms with E-state index >= 15 is 0 Å². The van der Waals surface area contributed by atoms with Crippen LogP contribution in [0.2, 0.25) is 0 Å². The molecule has 0 aromatic heterocycles. The Hall–Kier alpha value is -1.05. The Balaban J connectivity index is 1.78. The molecule has 0 bridgehead atoms. The van der Waals surface area contributed by atoms with Crippen LogP contribution in [0.1, 0.15) is 39.0 Å². The number of halogens is 1. The molecule has 0 saturated heterocycles. The molecule has 1 aliphatic carbocycles. The molecule has 0 radical (unpaired) electrons. The van der Waals surface area contributed by atoms with Crippen molar-refractivity contribution in [2.45, 2.75) is 39.0 Å². The third-order valence-electron chi connectivity index (χ3n) is 3.93. The van der Waals surface area contributed by atoms with Crippen molar-refractivity contribution >= 4 is 5.69 Å². The van der Waals surface area contributed by atoms with Crippen LogP contribution in [-0.4, -0.2) is 6.54 Å². The van der Waals surface area contributed by atoms with Gasteiger partial charge in [0.2, 0.25) is 0 Å². The summed E-state index contributed by atoms with van der Waals surface area (Å²) in [7, 11) is 0. The summed E-state index contributed by atoms with van der Waals surface area (Å²) in [6, 6.07) is 6.63. The van der Waals surface area contributed by atoms with Crippen LogP contribution >= 0.6 is 0 Å². The van der Waals surface area contributed by atoms with Gasteiger partial charge in [-0.15, -0.1) is 0 Å². The van der Waals surface area contributed by atoms with Gasteiger partial charge in [-0.2, -0.15) is 0 Å². The maximum Gasteiger partial charge on any atom is 0.123 e. The highest BCUT2D eigenvalue weighted by atomic mass is 19.1. The molecule has 17 heavy (non-hydrogen) atoms. The second-order valence-corrected chi connectivity index (χ2v) is 5.26. The summed E-state index contributed by atoms with van der Waals surface area (Å²) in [6.07, 6.45) is 6.96. The van der Waals surface area contributed by atoms with Crippen LogP contribution in [0.5, 0.6) is 0 Å². The van der Waals surface area contributed by atoms with Crippen molar-refractivity contribution in [3.05, 3.63) is 30.1 Å². The smallest absolute Gasteiger partial charge is 0.123 e. The molecule has 0 aliphatic heterocycles. The molecule has 1 N–H and O–H groups in total. The predicted molar refractivity (Wildman–Crippen MR) is 70.6 cm³/mol. The van der Waals surface area contributed by atoms with Gasteiger partial charge in [-0.25, -0.2) is 4.39 Å². The molecule has 1 nitrogen and oxygen atoms in total. The predicted octanol–water partition coefficient (Wildman–Crippen LogP) is 4.45. The third-order valence-corrected chi connectivity index (χ3v) is 3.93. The SMILES string of the molecule is CC(CNc1ccc(F)cc1)C1CCCCC1. The molecule has 0 heterocycles. The number of hydrogen-bond donors (Lipinski definition) is 1. The molecule has 1 saturated carbocycles. The number of anilines is 1. The molecular formula is C15H22FN. The average Bonchev–Trinajstić information content (AvgIpc) is 2.39. The molecule has 1 aliphatic rings. The zero-order valence-electron chi connectivity index (χ0n) is 10.6. The van der Waals surface area contributed by atoms with Crippen LogP contribution in [0, 0.1) is 17.7 Å². The molecule has 2 heteroatoms. The molecule has 0 amide bonds. The van der Waals surface area contributed by atoms with Gasteiger partial charge in [-0.1, -0.05) is 39.0 Å². The van der Waals surface area contributed by atoms with Crippen LogP contribution < -0.4 is 5.32 Å². The summed E-state index contributed by atoms with van der Waals surface area (Å²) >= 11 is 0. The van der Waals surface area contributed by atoms with E-state index in [1.54, 1.807) is 0 Å². The quantitative estimate of drug-likeness (QED) is 0.812. The van der Waals surface area contributed by atoms with E-state index in [0.29, 0.717) is 5.92 Å². The van der Waals surface area contributed by atoms with Gasteiger partial charge in [-0.3, -0.25) is 0 Å². The van der Waals surface area contributed by atoms with Gasteiger partial charge in [0.1, 0.15) is 5.82 Å². The van der Waals surface area contributed by atoms with Gasteiger partial charge in [-0.05, 0) is 36.1 Å². The Labute approximate surface area is 103 Å². The fraction of sp³-hybridized carbons (Fsp3) is 0.600. The van der Waals surface area contributed by atoms with E-state index in [2.05, 4.69) is 12.2 Å². The first-order valence-electron chi connectivity index (χ1n) is 6.75. The largest absolute Gasteiger partial charge is 0.385 e. The molecule has 1 fully saturated rings. The van der Waals surface area contributed by atoms with Crippen molar-refractivity contribution < 1.29 is 4.39 Å². The summed E-state index contributed by atoms with van der Waals surface area (Å²) in [5.74, 6) is 1.41. The van der Waals surface area contributed by atoms with Crippen LogP contribution in [0.15, 0.2) is 24.3 Å². The van der Waals surface area contributed by atoms with Crippen molar-refractivity contribution in [3.63, 3.8) is 0 Å². The maximum atomic E-state index is 12.7. The monoisotopic (exact) mass is 235 g/mol. The lowest BCUT2D eigenvalue weighted by Crippen LogP contribution is -2.22. The van der Waals surface area contributed by atoms with Crippen molar-refractivity contribution in [1.82, 2.24) is 0 Å². The first-order chi connectivity index (χ1) is 8.25. The van der Waals surface area contributed by atoms with Crippen LogP contribution in [0.3, 0.4) is 0 Å². The average molecular weight is 235 g/mol. The third kappa shape index (κ3) is 3.72. The number of benzene rings is 1. The molecule has 1 aromatic rings. The topological polar surface area (TPSA) is 12.0 Å². The standard InChI is InChI=1S/C15H22FN/c1-12(13-5-3-2-4-6-13)11-17-15-9-7-14(16)8-10-15/h7-10,12-13,17H,2-6,11H2,1H3. The summed E-state index contributed by atoms with van der Waals surface area (Å²) in [5, 5.41) is 3.40. The summed E-state index contributed by atoms with van der Waals surface area (Å²) < 4.78 is 12.7. The van der Waals surface area contributed by atoms with Crippen molar-refractivity contribution in [2.24, 2.45) is 11.8 Å². The molecule has 1 aromatic carbocycles. The minimum Gasteiger partial charge on any atom is -0.385 e. The number of nitrogens with one attached hydrogen (secondary N) is 1. The first kappa shape index (κ1) is 12.4. The minimum atomic E-state index is -0.170. The van der Waals surface area contributed by atoms with Crippen molar-refractivity contribution in [1.29, 1.82) is 0 Å². The summed E-state index contributed by atoms with van der Waals surface area (Å²) in [6.45, 7) is 3.32. The van der Waals surface area contributed by atoms with Gasteiger partial charge in [0, 0.05) is 12.2 Å². The Bertz CT molecular complexity index is 327. The Kier molecular flexibility index (Phi) is 4.41. The fourth-order valence-corrected chi connectivity index (χ4v) is 2.72. The summed E-state index contributed by atoms with van der Waals surface area (Å²) in [5.41, 5.74) is 1.02. The van der Waals surface area contributed by atoms with Gasteiger partial charge >= 0.3 is 0 Å². The van der Waals surface area contributed by atoms with Crippen molar-refractivity contribution in [2.75, 3.05) is 11.9 Å². The van der Waals surface area contributed by atoms with E-state index < -0.39 is 0 Å². The number of hydrogen-bond acceptors (Lipinski definition) is 1. The second kappa shape index (κ2) is 6.04. The van der Waals surface area contributed by atoms with Gasteiger partial charge in [0.05, 0.1) is 0 Å². The molecular weight excluding hydrogens is 213 g/mol. The Morgan fingerprint density at radius 1 is 1.18 bits per heavy atom. The van der Waals surface area contributed by atoms with E-state index in [4.69, 9.17) is 0 Å². The van der Waals surface area contributed by atoms with E-state index in [1.165, 1.54) is 44.2 Å². The highest BCUT2D eigenvalue weighted by Crippen LogP contribution is 2.29. The van der Waals surface area contributed by atoms with E-state index in [0.717, 1.165) is 18.2 Å². The molecule has 1 unspecified atom stereocenters. The lowest BCUT2D eigenvalue weighted by Gasteiger charge is -2.28. The second-order valence-electron chi connectivity index (χ2n) is 5.26. The zero-order valence-corrected chi connectivity index (χ0v) is 10.6. The first-order valence-corrected chi connectivity index (χ1v) is 6.75. The minimum absolute atomic E-state index is 0.170. The van der Waals surface area contributed by atoms with E-state index in [9.17, 15) is 4.39 Å². The molecule has 0 spiro atoms. The lowest BCUT2D eigenvalue weighted by atomic mass is 9.81. The van der Waals surface area contributed by atoms with Crippen molar-refractivity contribution in [3.8, 4) is 0 Å². The Morgan fingerprint density at radius 2 is 1.82 bits per heavy atom. The lowest BCUT2D eigenvalue weighted by molar-refractivity contribution is 0.273. The molecule has 2 rings (SSSR count). The van der Waals surface area contributed by atoms with E-state index in [1.807, 2.05) is 12.1 Å². The summed E-state index contributed by atoms with van der Waals surface area (Å²) in [4.78, 5) is 0. The van der Waals surface area contributed by atoms with Crippen LogP contribution in [-0.2, 0) is 0 Å². The van der Waals surface area contributed by atoms with Crippen LogP contribution in [0.4, 0.5) is 10.1 Å². The fourth-order valence-electron chi connectivity index (χ4n) is 2.72. The highest BCUT2D eigenvalue weighted by Gasteiger charge is 2.19. The molecule has 1 atom stereocenters. The highest BCUT2D eigenvalue weighted by molar-refractivity contribution is 5.42. The zero-order chi connectivity index (χ0) is 12.1.